The van der Waals surface area contributed by atoms with Gasteiger partial charge in [0.1, 0.15) is 0 Å². The van der Waals surface area contributed by atoms with Gasteiger partial charge in [0.2, 0.25) is 0 Å². The predicted octanol–water partition coefficient (Wildman–Crippen LogP) is 2.05. The van der Waals surface area contributed by atoms with Gasteiger partial charge in [-0.1, -0.05) is 18.2 Å². The van der Waals surface area contributed by atoms with Gasteiger partial charge in [-0.05, 0) is 19.1 Å². The Morgan fingerprint density at radius 1 is 1.35 bits per heavy atom. The standard InChI is InChI=1S/C13H17N3O/c1-2-16-9-11(8-14-16)13(10-17)15-12-6-4-3-5-7-12/h3-9,13,15,17H,2,10H2,1H3. The first-order valence-electron chi connectivity index (χ1n) is 5.78. The number of aliphatic hydroxyl groups is 1. The molecule has 0 aliphatic carbocycles. The first-order valence-corrected chi connectivity index (χ1v) is 5.78. The third kappa shape index (κ3) is 2.85. The number of hydrogen-bond donors (Lipinski definition) is 2. The van der Waals surface area contributed by atoms with E-state index in [4.69, 9.17) is 0 Å². The van der Waals surface area contributed by atoms with Crippen LogP contribution in [0.2, 0.25) is 0 Å². The molecular weight excluding hydrogens is 214 g/mol. The summed E-state index contributed by atoms with van der Waals surface area (Å²) in [6.07, 6.45) is 3.75. The van der Waals surface area contributed by atoms with Gasteiger partial charge in [-0.25, -0.2) is 0 Å². The Hall–Kier alpha value is -1.81. The second-order valence-electron chi connectivity index (χ2n) is 3.87. The Labute approximate surface area is 101 Å². The van der Waals surface area contributed by atoms with Gasteiger partial charge < -0.3 is 10.4 Å². The molecule has 0 aliphatic rings. The number of benzene rings is 1. The number of rotatable bonds is 5. The van der Waals surface area contributed by atoms with Crippen LogP contribution >= 0.6 is 0 Å². The highest BCUT2D eigenvalue weighted by Gasteiger charge is 2.11. The third-order valence-corrected chi connectivity index (χ3v) is 2.68. The fourth-order valence-electron chi connectivity index (χ4n) is 1.70. The van der Waals surface area contributed by atoms with Crippen LogP contribution in [0.25, 0.3) is 0 Å². The van der Waals surface area contributed by atoms with E-state index in [1.165, 1.54) is 0 Å². The lowest BCUT2D eigenvalue weighted by atomic mass is 10.1. The van der Waals surface area contributed by atoms with Gasteiger partial charge in [0.15, 0.2) is 0 Å². The van der Waals surface area contributed by atoms with Crippen molar-refractivity contribution in [2.75, 3.05) is 11.9 Å². The Bertz CT molecular complexity index is 453. The smallest absolute Gasteiger partial charge is 0.0775 e. The van der Waals surface area contributed by atoms with Crippen LogP contribution < -0.4 is 5.32 Å². The Morgan fingerprint density at radius 3 is 2.71 bits per heavy atom. The normalized spacial score (nSPS) is 12.4. The number of aromatic nitrogens is 2. The van der Waals surface area contributed by atoms with E-state index in [1.807, 2.05) is 48.1 Å². The van der Waals surface area contributed by atoms with E-state index in [0.29, 0.717) is 0 Å². The van der Waals surface area contributed by atoms with Gasteiger partial charge in [0.05, 0.1) is 18.8 Å². The zero-order valence-corrected chi connectivity index (χ0v) is 9.87. The van der Waals surface area contributed by atoms with Gasteiger partial charge in [-0.3, -0.25) is 4.68 Å². The monoisotopic (exact) mass is 231 g/mol. The van der Waals surface area contributed by atoms with Gasteiger partial charge >= 0.3 is 0 Å². The van der Waals surface area contributed by atoms with E-state index >= 15 is 0 Å². The maximum Gasteiger partial charge on any atom is 0.0775 e. The second kappa shape index (κ2) is 5.50. The summed E-state index contributed by atoms with van der Waals surface area (Å²) >= 11 is 0. The van der Waals surface area contributed by atoms with Crippen LogP contribution in [-0.4, -0.2) is 21.5 Å². The number of aryl methyl sites for hydroxylation is 1. The number of hydrogen-bond acceptors (Lipinski definition) is 3. The van der Waals surface area contributed by atoms with Gasteiger partial charge in [-0.15, -0.1) is 0 Å². The van der Waals surface area contributed by atoms with E-state index in [1.54, 1.807) is 6.20 Å². The fourth-order valence-corrected chi connectivity index (χ4v) is 1.70. The maximum absolute atomic E-state index is 9.42. The highest BCUT2D eigenvalue weighted by Crippen LogP contribution is 2.18. The molecule has 4 heteroatoms. The predicted molar refractivity (Wildman–Crippen MR) is 67.8 cm³/mol. The third-order valence-electron chi connectivity index (χ3n) is 2.68. The SMILES string of the molecule is CCn1cc(C(CO)Nc2ccccc2)cn1. The fraction of sp³-hybridized carbons (Fsp3) is 0.308. The van der Waals surface area contributed by atoms with E-state index in [-0.39, 0.29) is 12.6 Å². The first-order chi connectivity index (χ1) is 8.33. The van der Waals surface area contributed by atoms with Crippen molar-refractivity contribution in [2.45, 2.75) is 19.5 Å². The van der Waals surface area contributed by atoms with E-state index < -0.39 is 0 Å². The minimum Gasteiger partial charge on any atom is -0.394 e. The average Bonchev–Trinajstić information content (AvgIpc) is 2.86. The summed E-state index contributed by atoms with van der Waals surface area (Å²) in [6.45, 7) is 2.92. The minimum atomic E-state index is -0.113. The van der Waals surface area contributed by atoms with Crippen LogP contribution in [0.5, 0.6) is 0 Å². The Kier molecular flexibility index (Phi) is 3.77. The summed E-state index contributed by atoms with van der Waals surface area (Å²) in [6, 6.07) is 9.74. The quantitative estimate of drug-likeness (QED) is 0.828. The molecule has 1 unspecified atom stereocenters. The Morgan fingerprint density at radius 2 is 2.12 bits per heavy atom. The molecule has 1 aromatic carbocycles. The largest absolute Gasteiger partial charge is 0.394 e. The molecule has 0 amide bonds. The van der Waals surface area contributed by atoms with Crippen molar-refractivity contribution < 1.29 is 5.11 Å². The molecule has 0 fully saturated rings. The lowest BCUT2D eigenvalue weighted by Crippen LogP contribution is -2.14. The van der Waals surface area contributed by atoms with E-state index in [2.05, 4.69) is 10.4 Å². The van der Waals surface area contributed by atoms with Crippen molar-refractivity contribution in [3.63, 3.8) is 0 Å². The second-order valence-corrected chi connectivity index (χ2v) is 3.87. The van der Waals surface area contributed by atoms with Crippen molar-refractivity contribution in [1.29, 1.82) is 0 Å². The van der Waals surface area contributed by atoms with Crippen molar-refractivity contribution in [1.82, 2.24) is 9.78 Å². The molecule has 2 N–H and O–H groups in total. The molecule has 0 bridgehead atoms. The summed E-state index contributed by atoms with van der Waals surface area (Å²) in [5.41, 5.74) is 1.99. The first kappa shape index (κ1) is 11.7. The summed E-state index contributed by atoms with van der Waals surface area (Å²) in [5, 5.41) is 16.9. The summed E-state index contributed by atoms with van der Waals surface area (Å²) in [7, 11) is 0. The van der Waals surface area contributed by atoms with Crippen LogP contribution in [-0.2, 0) is 6.54 Å². The molecule has 0 spiro atoms. The van der Waals surface area contributed by atoms with Gasteiger partial charge in [-0.2, -0.15) is 5.10 Å². The van der Waals surface area contributed by atoms with Crippen molar-refractivity contribution in [2.24, 2.45) is 0 Å². The number of para-hydroxylation sites is 1. The molecule has 0 radical (unpaired) electrons. The number of nitrogens with one attached hydrogen (secondary N) is 1. The molecule has 0 saturated heterocycles. The zero-order valence-electron chi connectivity index (χ0n) is 9.87. The Balaban J connectivity index is 2.11. The lowest BCUT2D eigenvalue weighted by Gasteiger charge is -2.15. The van der Waals surface area contributed by atoms with Crippen LogP contribution in [0.4, 0.5) is 5.69 Å². The molecule has 1 atom stereocenters. The summed E-state index contributed by atoms with van der Waals surface area (Å²) in [4.78, 5) is 0. The molecule has 1 aromatic heterocycles. The summed E-state index contributed by atoms with van der Waals surface area (Å²) < 4.78 is 1.85. The molecule has 1 heterocycles. The van der Waals surface area contributed by atoms with Crippen LogP contribution in [0, 0.1) is 0 Å². The molecule has 0 saturated carbocycles. The molecule has 90 valence electrons. The molecular formula is C13H17N3O. The average molecular weight is 231 g/mol. The highest BCUT2D eigenvalue weighted by molar-refractivity contribution is 5.44. The lowest BCUT2D eigenvalue weighted by molar-refractivity contribution is 0.276. The van der Waals surface area contributed by atoms with Gasteiger partial charge in [0, 0.05) is 24.0 Å². The number of anilines is 1. The molecule has 2 rings (SSSR count). The molecule has 17 heavy (non-hydrogen) atoms. The van der Waals surface area contributed by atoms with Crippen molar-refractivity contribution in [3.8, 4) is 0 Å². The van der Waals surface area contributed by atoms with Crippen molar-refractivity contribution in [3.05, 3.63) is 48.3 Å². The zero-order chi connectivity index (χ0) is 12.1. The molecule has 4 nitrogen and oxygen atoms in total. The molecule has 2 aromatic rings. The van der Waals surface area contributed by atoms with Crippen LogP contribution in [0.3, 0.4) is 0 Å². The number of nitrogens with zero attached hydrogens (tertiary/aromatic N) is 2. The van der Waals surface area contributed by atoms with Gasteiger partial charge in [0.25, 0.3) is 0 Å². The molecule has 0 aliphatic heterocycles. The minimum absolute atomic E-state index is 0.0459. The van der Waals surface area contributed by atoms with Crippen LogP contribution in [0.1, 0.15) is 18.5 Å². The van der Waals surface area contributed by atoms with Crippen LogP contribution in [0.15, 0.2) is 42.7 Å². The van der Waals surface area contributed by atoms with Crippen molar-refractivity contribution >= 4 is 5.69 Å². The summed E-state index contributed by atoms with van der Waals surface area (Å²) in [5.74, 6) is 0. The topological polar surface area (TPSA) is 50.1 Å². The van der Waals surface area contributed by atoms with E-state index in [0.717, 1.165) is 17.8 Å². The highest BCUT2D eigenvalue weighted by atomic mass is 16.3. The maximum atomic E-state index is 9.42. The van der Waals surface area contributed by atoms with E-state index in [9.17, 15) is 5.11 Å². The number of aliphatic hydroxyl groups excluding tert-OH is 1.